The molecule has 68 valence electrons. The summed E-state index contributed by atoms with van der Waals surface area (Å²) in [6.45, 7) is 0.736. The predicted molar refractivity (Wildman–Crippen MR) is 53.6 cm³/mol. The van der Waals surface area contributed by atoms with Crippen molar-refractivity contribution in [1.29, 1.82) is 0 Å². The van der Waals surface area contributed by atoms with Gasteiger partial charge in [-0.3, -0.25) is 0 Å². The van der Waals surface area contributed by atoms with E-state index in [0.29, 0.717) is 0 Å². The van der Waals surface area contributed by atoms with Crippen LogP contribution in [-0.2, 0) is 6.42 Å². The zero-order valence-electron chi connectivity index (χ0n) is 7.49. The van der Waals surface area contributed by atoms with Crippen LogP contribution in [0.5, 0.6) is 0 Å². The standard InChI is InChI=1S/C11H13NO/c12-7-3-4-9-8-13-11-6-2-1-5-10(9)11/h1-2,5-6,8H,3-4,7,12H2. The molecule has 0 aliphatic carbocycles. The van der Waals surface area contributed by atoms with Gasteiger partial charge in [0.15, 0.2) is 0 Å². The SMILES string of the molecule is NCCCc1coc2ccccc12. The Balaban J connectivity index is 2.35. The van der Waals surface area contributed by atoms with E-state index in [9.17, 15) is 0 Å². The third-order valence-electron chi connectivity index (χ3n) is 2.21. The number of hydrogen-bond acceptors (Lipinski definition) is 2. The Labute approximate surface area is 77.3 Å². The minimum atomic E-state index is 0.736. The van der Waals surface area contributed by atoms with Crippen molar-refractivity contribution in [1.82, 2.24) is 0 Å². The van der Waals surface area contributed by atoms with Gasteiger partial charge in [0.05, 0.1) is 6.26 Å². The first-order valence-corrected chi connectivity index (χ1v) is 4.57. The van der Waals surface area contributed by atoms with Crippen LogP contribution < -0.4 is 5.73 Å². The van der Waals surface area contributed by atoms with E-state index in [2.05, 4.69) is 6.07 Å². The highest BCUT2D eigenvalue weighted by molar-refractivity contribution is 5.80. The van der Waals surface area contributed by atoms with E-state index in [1.807, 2.05) is 24.5 Å². The van der Waals surface area contributed by atoms with E-state index in [1.54, 1.807) is 0 Å². The van der Waals surface area contributed by atoms with Gasteiger partial charge in [-0.25, -0.2) is 0 Å². The fraction of sp³-hybridized carbons (Fsp3) is 0.273. The van der Waals surface area contributed by atoms with Gasteiger partial charge in [0.2, 0.25) is 0 Å². The zero-order valence-corrected chi connectivity index (χ0v) is 7.49. The fourth-order valence-corrected chi connectivity index (χ4v) is 1.52. The smallest absolute Gasteiger partial charge is 0.134 e. The van der Waals surface area contributed by atoms with Gasteiger partial charge in [-0.15, -0.1) is 0 Å². The van der Waals surface area contributed by atoms with E-state index in [1.165, 1.54) is 10.9 Å². The van der Waals surface area contributed by atoms with E-state index in [-0.39, 0.29) is 0 Å². The summed E-state index contributed by atoms with van der Waals surface area (Å²) < 4.78 is 5.41. The summed E-state index contributed by atoms with van der Waals surface area (Å²) in [7, 11) is 0. The molecule has 1 aromatic heterocycles. The highest BCUT2D eigenvalue weighted by Gasteiger charge is 2.03. The van der Waals surface area contributed by atoms with E-state index in [4.69, 9.17) is 10.2 Å². The van der Waals surface area contributed by atoms with Gasteiger partial charge < -0.3 is 10.2 Å². The molecule has 1 aromatic carbocycles. The summed E-state index contributed by atoms with van der Waals surface area (Å²) in [5, 5.41) is 1.22. The van der Waals surface area contributed by atoms with Crippen molar-refractivity contribution in [2.45, 2.75) is 12.8 Å². The molecule has 0 atom stereocenters. The van der Waals surface area contributed by atoms with Gasteiger partial charge in [-0.1, -0.05) is 18.2 Å². The van der Waals surface area contributed by atoms with Gasteiger partial charge >= 0.3 is 0 Å². The summed E-state index contributed by atoms with van der Waals surface area (Å²) in [6, 6.07) is 8.09. The molecule has 0 saturated heterocycles. The molecule has 2 N–H and O–H groups in total. The number of benzene rings is 1. The second-order valence-electron chi connectivity index (χ2n) is 3.15. The molecule has 0 unspecified atom stereocenters. The predicted octanol–water partition coefficient (Wildman–Crippen LogP) is 2.32. The molecule has 0 saturated carbocycles. The highest BCUT2D eigenvalue weighted by Crippen LogP contribution is 2.21. The first-order chi connectivity index (χ1) is 6.42. The third kappa shape index (κ3) is 1.58. The topological polar surface area (TPSA) is 39.2 Å². The monoisotopic (exact) mass is 175 g/mol. The lowest BCUT2D eigenvalue weighted by Gasteiger charge is -1.94. The summed E-state index contributed by atoms with van der Waals surface area (Å²) >= 11 is 0. The molecule has 0 radical (unpaired) electrons. The molecule has 0 aliphatic rings. The lowest BCUT2D eigenvalue weighted by atomic mass is 10.1. The molecule has 2 rings (SSSR count). The molecule has 1 heterocycles. The summed E-state index contributed by atoms with van der Waals surface area (Å²) in [4.78, 5) is 0. The number of rotatable bonds is 3. The second kappa shape index (κ2) is 3.62. The van der Waals surface area contributed by atoms with Crippen LogP contribution in [0.25, 0.3) is 11.0 Å². The first kappa shape index (κ1) is 8.32. The third-order valence-corrected chi connectivity index (χ3v) is 2.21. The van der Waals surface area contributed by atoms with Gasteiger partial charge in [-0.2, -0.15) is 0 Å². The van der Waals surface area contributed by atoms with Crippen LogP contribution in [0, 0.1) is 0 Å². The number of para-hydroxylation sites is 1. The Morgan fingerprint density at radius 2 is 2.08 bits per heavy atom. The van der Waals surface area contributed by atoms with Gasteiger partial charge in [-0.05, 0) is 31.0 Å². The molecule has 0 fully saturated rings. The Kier molecular flexibility index (Phi) is 2.32. The van der Waals surface area contributed by atoms with Crippen LogP contribution in [0.1, 0.15) is 12.0 Å². The van der Waals surface area contributed by atoms with Gasteiger partial charge in [0.25, 0.3) is 0 Å². The normalized spacial score (nSPS) is 10.8. The summed E-state index contributed by atoms with van der Waals surface area (Å²) in [5.74, 6) is 0. The van der Waals surface area contributed by atoms with Gasteiger partial charge in [0.1, 0.15) is 5.58 Å². The number of nitrogens with two attached hydrogens (primary N) is 1. The quantitative estimate of drug-likeness (QED) is 0.777. The van der Waals surface area contributed by atoms with Crippen molar-refractivity contribution in [3.05, 3.63) is 36.1 Å². The van der Waals surface area contributed by atoms with E-state index < -0.39 is 0 Å². The average molecular weight is 175 g/mol. The van der Waals surface area contributed by atoms with Crippen molar-refractivity contribution in [2.75, 3.05) is 6.54 Å². The van der Waals surface area contributed by atoms with Crippen molar-refractivity contribution >= 4 is 11.0 Å². The van der Waals surface area contributed by atoms with Crippen LogP contribution in [-0.4, -0.2) is 6.54 Å². The van der Waals surface area contributed by atoms with E-state index in [0.717, 1.165) is 25.0 Å². The highest BCUT2D eigenvalue weighted by atomic mass is 16.3. The maximum Gasteiger partial charge on any atom is 0.134 e. The number of aryl methyl sites for hydroxylation is 1. The molecule has 2 nitrogen and oxygen atoms in total. The maximum absolute atomic E-state index is 5.46. The van der Waals surface area contributed by atoms with Crippen molar-refractivity contribution < 1.29 is 4.42 Å². The van der Waals surface area contributed by atoms with Crippen molar-refractivity contribution in [3.63, 3.8) is 0 Å². The van der Waals surface area contributed by atoms with Gasteiger partial charge in [0, 0.05) is 5.39 Å². The fourth-order valence-electron chi connectivity index (χ4n) is 1.52. The minimum Gasteiger partial charge on any atom is -0.464 e. The second-order valence-corrected chi connectivity index (χ2v) is 3.15. The average Bonchev–Trinajstić information content (AvgIpc) is 2.58. The molecular weight excluding hydrogens is 162 g/mol. The summed E-state index contributed by atoms with van der Waals surface area (Å²) in [6.07, 6.45) is 3.86. The lowest BCUT2D eigenvalue weighted by molar-refractivity contribution is 0.609. The van der Waals surface area contributed by atoms with Crippen LogP contribution >= 0.6 is 0 Å². The molecule has 13 heavy (non-hydrogen) atoms. The summed E-state index contributed by atoms with van der Waals surface area (Å²) in [5.41, 5.74) is 7.69. The molecule has 0 bridgehead atoms. The molecular formula is C11H13NO. The Morgan fingerprint density at radius 1 is 1.23 bits per heavy atom. The van der Waals surface area contributed by atoms with Crippen LogP contribution in [0.2, 0.25) is 0 Å². The Bertz CT molecular complexity index is 392. The van der Waals surface area contributed by atoms with Crippen molar-refractivity contribution in [3.8, 4) is 0 Å². The largest absolute Gasteiger partial charge is 0.464 e. The number of furan rings is 1. The first-order valence-electron chi connectivity index (χ1n) is 4.57. The van der Waals surface area contributed by atoms with Crippen LogP contribution in [0.3, 0.4) is 0 Å². The van der Waals surface area contributed by atoms with Crippen LogP contribution in [0.15, 0.2) is 34.9 Å². The zero-order chi connectivity index (χ0) is 9.10. The number of hydrogen-bond donors (Lipinski definition) is 1. The minimum absolute atomic E-state index is 0.736. The Morgan fingerprint density at radius 3 is 2.92 bits per heavy atom. The molecule has 0 spiro atoms. The molecule has 0 amide bonds. The Hall–Kier alpha value is -1.28. The van der Waals surface area contributed by atoms with Crippen molar-refractivity contribution in [2.24, 2.45) is 5.73 Å². The molecule has 0 aliphatic heterocycles. The molecule has 2 aromatic rings. The number of fused-ring (bicyclic) bond motifs is 1. The lowest BCUT2D eigenvalue weighted by Crippen LogP contribution is -1.99. The maximum atomic E-state index is 5.46. The van der Waals surface area contributed by atoms with Crippen LogP contribution in [0.4, 0.5) is 0 Å². The molecule has 2 heteroatoms. The van der Waals surface area contributed by atoms with E-state index >= 15 is 0 Å².